The lowest BCUT2D eigenvalue weighted by molar-refractivity contribution is 0.0791. The molecular weight excluding hydrogens is 326 g/mol. The maximum atomic E-state index is 12.6. The van der Waals surface area contributed by atoms with Crippen LogP contribution in [0.4, 0.5) is 5.69 Å². The SMILES string of the molecule is Cc1c(NC(=O)c2cc(Cl)cn2C)cccc1C(=O)N1CCCC1. The van der Waals surface area contributed by atoms with Crippen molar-refractivity contribution in [3.63, 3.8) is 0 Å². The van der Waals surface area contributed by atoms with Crippen molar-refractivity contribution in [2.45, 2.75) is 19.8 Å². The summed E-state index contributed by atoms with van der Waals surface area (Å²) in [5.41, 5.74) is 2.53. The second kappa shape index (κ2) is 6.69. The van der Waals surface area contributed by atoms with E-state index in [0.29, 0.717) is 22.0 Å². The molecule has 0 saturated carbocycles. The molecule has 0 atom stereocenters. The van der Waals surface area contributed by atoms with Gasteiger partial charge in [0.25, 0.3) is 11.8 Å². The van der Waals surface area contributed by atoms with Gasteiger partial charge < -0.3 is 14.8 Å². The lowest BCUT2D eigenvalue weighted by atomic mass is 10.1. The molecule has 1 aromatic carbocycles. The number of hydrogen-bond donors (Lipinski definition) is 1. The molecule has 6 heteroatoms. The Labute approximate surface area is 146 Å². The topological polar surface area (TPSA) is 54.3 Å². The van der Waals surface area contributed by atoms with Gasteiger partial charge in [0.05, 0.1) is 5.02 Å². The minimum atomic E-state index is -0.252. The van der Waals surface area contributed by atoms with Crippen molar-refractivity contribution >= 4 is 29.1 Å². The zero-order valence-corrected chi connectivity index (χ0v) is 14.6. The zero-order valence-electron chi connectivity index (χ0n) is 13.8. The van der Waals surface area contributed by atoms with Crippen LogP contribution in [0.25, 0.3) is 0 Å². The third kappa shape index (κ3) is 3.17. The monoisotopic (exact) mass is 345 g/mol. The molecule has 0 spiro atoms. The van der Waals surface area contributed by atoms with Crippen molar-refractivity contribution in [1.29, 1.82) is 0 Å². The number of aromatic nitrogens is 1. The fourth-order valence-corrected chi connectivity index (χ4v) is 3.28. The number of amides is 2. The highest BCUT2D eigenvalue weighted by molar-refractivity contribution is 6.31. The fraction of sp³-hybridized carbons (Fsp3) is 0.333. The summed E-state index contributed by atoms with van der Waals surface area (Å²) in [6.45, 7) is 3.46. The number of hydrogen-bond acceptors (Lipinski definition) is 2. The van der Waals surface area contributed by atoms with E-state index in [2.05, 4.69) is 5.32 Å². The Morgan fingerprint density at radius 3 is 2.54 bits per heavy atom. The normalized spacial score (nSPS) is 14.0. The van der Waals surface area contributed by atoms with E-state index in [1.807, 2.05) is 17.9 Å². The van der Waals surface area contributed by atoms with Crippen LogP contribution in [0.5, 0.6) is 0 Å². The molecule has 1 aromatic heterocycles. The molecule has 24 heavy (non-hydrogen) atoms. The molecule has 1 saturated heterocycles. The van der Waals surface area contributed by atoms with Crippen molar-refractivity contribution < 1.29 is 9.59 Å². The molecule has 0 radical (unpaired) electrons. The smallest absolute Gasteiger partial charge is 0.272 e. The molecule has 3 rings (SSSR count). The molecule has 0 bridgehead atoms. The first-order valence-electron chi connectivity index (χ1n) is 7.99. The van der Waals surface area contributed by atoms with Gasteiger partial charge in [0, 0.05) is 37.6 Å². The summed E-state index contributed by atoms with van der Waals surface area (Å²) in [5, 5.41) is 3.39. The first kappa shape index (κ1) is 16.6. The van der Waals surface area contributed by atoms with Crippen molar-refractivity contribution in [3.05, 3.63) is 52.3 Å². The second-order valence-corrected chi connectivity index (χ2v) is 6.52. The van der Waals surface area contributed by atoms with Gasteiger partial charge in [-0.05, 0) is 43.5 Å². The number of benzene rings is 1. The number of aryl methyl sites for hydroxylation is 1. The van der Waals surface area contributed by atoms with E-state index in [-0.39, 0.29) is 11.8 Å². The average molecular weight is 346 g/mol. The first-order chi connectivity index (χ1) is 11.5. The molecule has 126 valence electrons. The summed E-state index contributed by atoms with van der Waals surface area (Å²) in [6, 6.07) is 7.03. The first-order valence-corrected chi connectivity index (χ1v) is 8.37. The van der Waals surface area contributed by atoms with Gasteiger partial charge in [0.1, 0.15) is 5.69 Å². The van der Waals surface area contributed by atoms with Gasteiger partial charge in [-0.1, -0.05) is 17.7 Å². The van der Waals surface area contributed by atoms with Crippen molar-refractivity contribution in [3.8, 4) is 0 Å². The Morgan fingerprint density at radius 1 is 1.21 bits per heavy atom. The number of halogens is 1. The molecule has 2 heterocycles. The highest BCUT2D eigenvalue weighted by Crippen LogP contribution is 2.23. The van der Waals surface area contributed by atoms with Crippen LogP contribution in [0.15, 0.2) is 30.5 Å². The van der Waals surface area contributed by atoms with Crippen molar-refractivity contribution in [2.75, 3.05) is 18.4 Å². The number of carbonyl (C=O) groups is 2. The van der Waals surface area contributed by atoms with Crippen LogP contribution in [0.2, 0.25) is 5.02 Å². The van der Waals surface area contributed by atoms with Gasteiger partial charge in [0.15, 0.2) is 0 Å². The predicted molar refractivity (Wildman–Crippen MR) is 94.7 cm³/mol. The van der Waals surface area contributed by atoms with Crippen LogP contribution in [-0.2, 0) is 7.05 Å². The summed E-state index contributed by atoms with van der Waals surface area (Å²) in [4.78, 5) is 26.9. The zero-order chi connectivity index (χ0) is 17.3. The van der Waals surface area contributed by atoms with Gasteiger partial charge in [0.2, 0.25) is 0 Å². The summed E-state index contributed by atoms with van der Waals surface area (Å²) in [6.07, 6.45) is 3.78. The summed E-state index contributed by atoms with van der Waals surface area (Å²) in [5.74, 6) is -0.221. The van der Waals surface area contributed by atoms with Crippen LogP contribution in [0.3, 0.4) is 0 Å². The van der Waals surface area contributed by atoms with Gasteiger partial charge in [-0.15, -0.1) is 0 Å². The Balaban J connectivity index is 1.84. The molecule has 0 aliphatic carbocycles. The molecule has 5 nitrogen and oxygen atoms in total. The number of anilines is 1. The molecule has 2 amide bonds. The maximum Gasteiger partial charge on any atom is 0.272 e. The Bertz CT molecular complexity index is 792. The highest BCUT2D eigenvalue weighted by Gasteiger charge is 2.22. The van der Waals surface area contributed by atoms with Crippen LogP contribution in [0.1, 0.15) is 39.3 Å². The molecule has 0 unspecified atom stereocenters. The van der Waals surface area contributed by atoms with Gasteiger partial charge in [-0.25, -0.2) is 0 Å². The Hall–Kier alpha value is -2.27. The predicted octanol–water partition coefficient (Wildman–Crippen LogP) is 3.48. The van der Waals surface area contributed by atoms with E-state index in [1.165, 1.54) is 0 Å². The van der Waals surface area contributed by atoms with E-state index in [0.717, 1.165) is 31.5 Å². The summed E-state index contributed by atoms with van der Waals surface area (Å²) >= 11 is 5.93. The van der Waals surface area contributed by atoms with Crippen LogP contribution in [-0.4, -0.2) is 34.4 Å². The Kier molecular flexibility index (Phi) is 4.62. The van der Waals surface area contributed by atoms with E-state index >= 15 is 0 Å². The number of nitrogens with zero attached hydrogens (tertiary/aromatic N) is 2. The van der Waals surface area contributed by atoms with Crippen molar-refractivity contribution in [2.24, 2.45) is 7.05 Å². The molecule has 1 aliphatic rings. The molecule has 1 N–H and O–H groups in total. The minimum Gasteiger partial charge on any atom is -0.345 e. The minimum absolute atomic E-state index is 0.0306. The standard InChI is InChI=1S/C18H20ClN3O2/c1-12-14(18(24)22-8-3-4-9-22)6-5-7-15(12)20-17(23)16-10-13(19)11-21(16)2/h5-7,10-11H,3-4,8-9H2,1-2H3,(H,20,23). The van der Waals surface area contributed by atoms with Crippen LogP contribution in [0, 0.1) is 6.92 Å². The molecule has 1 fully saturated rings. The fourth-order valence-electron chi connectivity index (χ4n) is 3.03. The highest BCUT2D eigenvalue weighted by atomic mass is 35.5. The average Bonchev–Trinajstić information content (AvgIpc) is 3.18. The third-order valence-corrected chi connectivity index (χ3v) is 4.62. The molecule has 2 aromatic rings. The van der Waals surface area contributed by atoms with E-state index in [9.17, 15) is 9.59 Å². The van der Waals surface area contributed by atoms with Gasteiger partial charge in [-0.3, -0.25) is 9.59 Å². The van der Waals surface area contributed by atoms with Crippen LogP contribution < -0.4 is 5.32 Å². The van der Waals surface area contributed by atoms with E-state index in [1.54, 1.807) is 36.0 Å². The Morgan fingerprint density at radius 2 is 1.92 bits per heavy atom. The van der Waals surface area contributed by atoms with E-state index in [4.69, 9.17) is 11.6 Å². The largest absolute Gasteiger partial charge is 0.345 e. The number of rotatable bonds is 3. The van der Waals surface area contributed by atoms with Gasteiger partial charge in [-0.2, -0.15) is 0 Å². The quantitative estimate of drug-likeness (QED) is 0.926. The third-order valence-electron chi connectivity index (χ3n) is 4.41. The lowest BCUT2D eigenvalue weighted by Crippen LogP contribution is -2.28. The maximum absolute atomic E-state index is 12.6. The summed E-state index contributed by atoms with van der Waals surface area (Å²) < 4.78 is 1.67. The summed E-state index contributed by atoms with van der Waals surface area (Å²) in [7, 11) is 1.76. The van der Waals surface area contributed by atoms with Gasteiger partial charge >= 0.3 is 0 Å². The number of likely N-dealkylation sites (tertiary alicyclic amines) is 1. The number of nitrogens with one attached hydrogen (secondary N) is 1. The van der Waals surface area contributed by atoms with E-state index < -0.39 is 0 Å². The lowest BCUT2D eigenvalue weighted by Gasteiger charge is -2.18. The molecule has 1 aliphatic heterocycles. The molecular formula is C18H20ClN3O2. The number of carbonyl (C=O) groups excluding carboxylic acids is 2. The second-order valence-electron chi connectivity index (χ2n) is 6.09. The van der Waals surface area contributed by atoms with Crippen molar-refractivity contribution in [1.82, 2.24) is 9.47 Å². The van der Waals surface area contributed by atoms with Crippen LogP contribution >= 0.6 is 11.6 Å².